The molecule has 0 saturated carbocycles. The number of β-amino-alcohol motifs (C(OH)–C–C–N with tert-alkyl or cyclic N) is 1. The van der Waals surface area contributed by atoms with E-state index in [1.165, 1.54) is 5.56 Å². The molecule has 1 unspecified atom stereocenters. The van der Waals surface area contributed by atoms with Gasteiger partial charge >= 0.3 is 0 Å². The molecule has 2 aromatic rings. The zero-order chi connectivity index (χ0) is 19.8. The van der Waals surface area contributed by atoms with E-state index in [-0.39, 0.29) is 12.0 Å². The van der Waals surface area contributed by atoms with Gasteiger partial charge in [-0.15, -0.1) is 0 Å². The number of anilines is 1. The van der Waals surface area contributed by atoms with Crippen LogP contribution in [0, 0.1) is 17.8 Å². The van der Waals surface area contributed by atoms with Crippen molar-refractivity contribution in [2.24, 2.45) is 5.92 Å². The third kappa shape index (κ3) is 3.76. The third-order valence-electron chi connectivity index (χ3n) is 6.50. The molecule has 0 spiro atoms. The lowest BCUT2D eigenvalue weighted by atomic mass is 9.75. The summed E-state index contributed by atoms with van der Waals surface area (Å²) in [7, 11) is 0. The molecule has 4 saturated heterocycles. The van der Waals surface area contributed by atoms with Crippen LogP contribution in [0.25, 0.3) is 0 Å². The second-order valence-corrected chi connectivity index (χ2v) is 8.61. The summed E-state index contributed by atoms with van der Waals surface area (Å²) >= 11 is 0. The SMILES string of the molecule is OC1CN(c2ccc(C#CC3(O)CN4CCC3CC4)c(Cc3ccccc3)n2)C1. The van der Waals surface area contributed by atoms with E-state index in [4.69, 9.17) is 4.98 Å². The maximum absolute atomic E-state index is 11.2. The summed E-state index contributed by atoms with van der Waals surface area (Å²) in [6.07, 6.45) is 2.48. The maximum atomic E-state index is 11.2. The van der Waals surface area contributed by atoms with Crippen LogP contribution in [0.5, 0.6) is 0 Å². The van der Waals surface area contributed by atoms with Crippen LogP contribution in [0.15, 0.2) is 42.5 Å². The summed E-state index contributed by atoms with van der Waals surface area (Å²) in [5.41, 5.74) is 2.07. The van der Waals surface area contributed by atoms with Crippen LogP contribution < -0.4 is 4.90 Å². The fourth-order valence-electron chi connectivity index (χ4n) is 4.70. The zero-order valence-corrected chi connectivity index (χ0v) is 16.6. The Morgan fingerprint density at radius 2 is 1.83 bits per heavy atom. The van der Waals surface area contributed by atoms with Gasteiger partial charge in [-0.2, -0.15) is 0 Å². The van der Waals surface area contributed by atoms with Crippen LogP contribution in [-0.2, 0) is 6.42 Å². The number of piperidine rings is 3. The second kappa shape index (κ2) is 7.46. The molecule has 5 nitrogen and oxygen atoms in total. The highest BCUT2D eigenvalue weighted by atomic mass is 16.3. The van der Waals surface area contributed by atoms with E-state index in [2.05, 4.69) is 33.8 Å². The minimum atomic E-state index is -0.916. The van der Waals surface area contributed by atoms with Gasteiger partial charge in [0.1, 0.15) is 11.4 Å². The molecule has 29 heavy (non-hydrogen) atoms. The van der Waals surface area contributed by atoms with Crippen LogP contribution >= 0.6 is 0 Å². The number of nitrogens with zero attached hydrogens (tertiary/aromatic N) is 3. The number of hydrogen-bond acceptors (Lipinski definition) is 5. The van der Waals surface area contributed by atoms with Crippen LogP contribution in [0.2, 0.25) is 0 Å². The first-order chi connectivity index (χ1) is 14.1. The van der Waals surface area contributed by atoms with Crippen molar-refractivity contribution in [3.8, 4) is 11.8 Å². The van der Waals surface area contributed by atoms with Gasteiger partial charge in [0, 0.05) is 37.5 Å². The second-order valence-electron chi connectivity index (χ2n) is 8.61. The van der Waals surface area contributed by atoms with Gasteiger partial charge in [-0.05, 0) is 43.6 Å². The summed E-state index contributed by atoms with van der Waals surface area (Å²) in [6, 6.07) is 14.3. The Balaban J connectivity index is 1.46. The molecule has 0 radical (unpaired) electrons. The lowest BCUT2D eigenvalue weighted by Gasteiger charge is -2.47. The predicted molar refractivity (Wildman–Crippen MR) is 113 cm³/mol. The number of fused-ring (bicyclic) bond motifs is 3. The Kier molecular flexibility index (Phi) is 4.79. The first-order valence-electron chi connectivity index (χ1n) is 10.5. The number of aromatic nitrogens is 1. The topological polar surface area (TPSA) is 59.8 Å². The van der Waals surface area contributed by atoms with Gasteiger partial charge in [0.25, 0.3) is 0 Å². The van der Waals surface area contributed by atoms with Gasteiger partial charge in [-0.25, -0.2) is 4.98 Å². The van der Waals surface area contributed by atoms with Crippen molar-refractivity contribution in [2.45, 2.75) is 31.0 Å². The Morgan fingerprint density at radius 1 is 1.07 bits per heavy atom. The van der Waals surface area contributed by atoms with Gasteiger partial charge < -0.3 is 15.1 Å². The monoisotopic (exact) mass is 389 g/mol. The van der Waals surface area contributed by atoms with Crippen molar-refractivity contribution >= 4 is 5.82 Å². The first kappa shape index (κ1) is 18.6. The van der Waals surface area contributed by atoms with E-state index in [1.54, 1.807) is 0 Å². The molecular weight excluding hydrogens is 362 g/mol. The minimum absolute atomic E-state index is 0.264. The number of pyridine rings is 1. The highest BCUT2D eigenvalue weighted by molar-refractivity contribution is 5.50. The summed E-state index contributed by atoms with van der Waals surface area (Å²) in [5.74, 6) is 7.66. The molecule has 4 aliphatic rings. The number of hydrogen-bond donors (Lipinski definition) is 2. The Bertz CT molecular complexity index is 938. The molecule has 1 aromatic carbocycles. The third-order valence-corrected chi connectivity index (χ3v) is 6.50. The fourth-order valence-corrected chi connectivity index (χ4v) is 4.70. The summed E-state index contributed by atoms with van der Waals surface area (Å²) < 4.78 is 0. The van der Waals surface area contributed by atoms with Gasteiger partial charge in [0.05, 0.1) is 11.8 Å². The summed E-state index contributed by atoms with van der Waals surface area (Å²) in [4.78, 5) is 9.28. The van der Waals surface area contributed by atoms with E-state index in [0.29, 0.717) is 26.1 Å². The van der Waals surface area contributed by atoms with Gasteiger partial charge in [-0.1, -0.05) is 42.2 Å². The van der Waals surface area contributed by atoms with E-state index in [9.17, 15) is 10.2 Å². The molecule has 0 aliphatic carbocycles. The van der Waals surface area contributed by atoms with Crippen molar-refractivity contribution in [3.05, 3.63) is 59.3 Å². The zero-order valence-electron chi connectivity index (χ0n) is 16.6. The standard InChI is InChI=1S/C24H27N3O2/c28-21-15-27(16-21)23-7-6-19(22(25-23)14-18-4-2-1-3-5-18)8-11-24(29)17-26-12-9-20(24)10-13-26/h1-7,20-21,28-29H,9-10,12-17H2. The van der Waals surface area contributed by atoms with Gasteiger partial charge in [-0.3, -0.25) is 4.90 Å². The smallest absolute Gasteiger partial charge is 0.141 e. The van der Waals surface area contributed by atoms with E-state index >= 15 is 0 Å². The fraction of sp³-hybridized carbons (Fsp3) is 0.458. The number of aliphatic hydroxyl groups is 2. The van der Waals surface area contributed by atoms with E-state index in [0.717, 1.165) is 43.0 Å². The summed E-state index contributed by atoms with van der Waals surface area (Å²) in [5, 5.41) is 20.8. The molecule has 2 bridgehead atoms. The largest absolute Gasteiger partial charge is 0.389 e. The average molecular weight is 389 g/mol. The predicted octanol–water partition coefficient (Wildman–Crippen LogP) is 1.66. The molecule has 0 amide bonds. The maximum Gasteiger partial charge on any atom is 0.141 e. The van der Waals surface area contributed by atoms with Crippen molar-refractivity contribution in [1.29, 1.82) is 0 Å². The molecule has 1 atom stereocenters. The molecule has 5 heteroatoms. The molecule has 2 N–H and O–H groups in total. The van der Waals surface area contributed by atoms with E-state index < -0.39 is 5.60 Å². The lowest BCUT2D eigenvalue weighted by Crippen LogP contribution is -2.58. The molecule has 4 fully saturated rings. The van der Waals surface area contributed by atoms with Crippen molar-refractivity contribution in [1.82, 2.24) is 9.88 Å². The Hall–Kier alpha value is -2.39. The quantitative estimate of drug-likeness (QED) is 0.782. The Labute approximate surface area is 172 Å². The normalized spacial score (nSPS) is 28.6. The van der Waals surface area contributed by atoms with Crippen molar-refractivity contribution < 1.29 is 10.2 Å². The summed E-state index contributed by atoms with van der Waals surface area (Å²) in [6.45, 7) is 4.05. The van der Waals surface area contributed by atoms with Crippen molar-refractivity contribution in [3.63, 3.8) is 0 Å². The first-order valence-corrected chi connectivity index (χ1v) is 10.5. The molecule has 4 aliphatic heterocycles. The molecule has 6 rings (SSSR count). The molecule has 150 valence electrons. The van der Waals surface area contributed by atoms with Gasteiger partial charge in [0.15, 0.2) is 0 Å². The van der Waals surface area contributed by atoms with Gasteiger partial charge in [0.2, 0.25) is 0 Å². The van der Waals surface area contributed by atoms with E-state index in [1.807, 2.05) is 30.3 Å². The van der Waals surface area contributed by atoms with Crippen LogP contribution in [0.1, 0.15) is 29.7 Å². The van der Waals surface area contributed by atoms with Crippen LogP contribution in [-0.4, -0.2) is 64.5 Å². The highest BCUT2D eigenvalue weighted by Crippen LogP contribution is 2.35. The number of benzene rings is 1. The highest BCUT2D eigenvalue weighted by Gasteiger charge is 2.44. The number of aliphatic hydroxyl groups excluding tert-OH is 1. The molecular formula is C24H27N3O2. The minimum Gasteiger partial charge on any atom is -0.389 e. The lowest BCUT2D eigenvalue weighted by molar-refractivity contribution is -0.0713. The average Bonchev–Trinajstić information content (AvgIpc) is 2.72. The van der Waals surface area contributed by atoms with Crippen molar-refractivity contribution in [2.75, 3.05) is 37.6 Å². The van der Waals surface area contributed by atoms with Crippen LogP contribution in [0.3, 0.4) is 0 Å². The Morgan fingerprint density at radius 3 is 2.48 bits per heavy atom. The van der Waals surface area contributed by atoms with Crippen LogP contribution in [0.4, 0.5) is 5.82 Å². The number of rotatable bonds is 3. The molecule has 1 aromatic heterocycles. The molecule has 5 heterocycles.